The van der Waals surface area contributed by atoms with Crippen molar-refractivity contribution in [3.63, 3.8) is 0 Å². The van der Waals surface area contributed by atoms with Crippen molar-refractivity contribution in [2.75, 3.05) is 32.7 Å². The summed E-state index contributed by atoms with van der Waals surface area (Å²) in [6.45, 7) is 2.38. The van der Waals surface area contributed by atoms with Crippen LogP contribution in [0, 0.1) is 17.2 Å². The van der Waals surface area contributed by atoms with Crippen LogP contribution in [0.2, 0.25) is 0 Å². The van der Waals surface area contributed by atoms with Gasteiger partial charge in [0.1, 0.15) is 5.82 Å². The van der Waals surface area contributed by atoms with Crippen molar-refractivity contribution in [2.24, 2.45) is 11.3 Å². The summed E-state index contributed by atoms with van der Waals surface area (Å²) in [5, 5.41) is 9.65. The minimum Gasteiger partial charge on any atom is -0.391 e. The Morgan fingerprint density at radius 2 is 1.85 bits per heavy atom. The van der Waals surface area contributed by atoms with Gasteiger partial charge in [-0.2, -0.15) is 13.2 Å². The lowest BCUT2D eigenvalue weighted by molar-refractivity contribution is -0.256. The summed E-state index contributed by atoms with van der Waals surface area (Å²) >= 11 is 0. The predicted molar refractivity (Wildman–Crippen MR) is 141 cm³/mol. The molecule has 1 aromatic heterocycles. The number of likely N-dealkylation sites (tertiary alicyclic amines) is 2. The third-order valence-electron chi connectivity index (χ3n) is 8.99. The van der Waals surface area contributed by atoms with Gasteiger partial charge in [-0.25, -0.2) is 4.39 Å². The van der Waals surface area contributed by atoms with Crippen molar-refractivity contribution in [3.8, 4) is 11.1 Å². The number of amides is 1. The molecule has 1 saturated carbocycles. The molecular weight excluding hydrogens is 510 g/mol. The summed E-state index contributed by atoms with van der Waals surface area (Å²) in [4.78, 5) is 20.6. The lowest BCUT2D eigenvalue weighted by Gasteiger charge is -2.47. The van der Waals surface area contributed by atoms with Gasteiger partial charge in [-0.1, -0.05) is 18.6 Å². The molecule has 9 heteroatoms. The molecule has 1 aromatic carbocycles. The Morgan fingerprint density at radius 1 is 1.08 bits per heavy atom. The van der Waals surface area contributed by atoms with Crippen LogP contribution >= 0.6 is 0 Å². The topological polar surface area (TPSA) is 56.7 Å². The van der Waals surface area contributed by atoms with E-state index in [0.717, 1.165) is 50.9 Å². The van der Waals surface area contributed by atoms with E-state index in [2.05, 4.69) is 4.98 Å². The van der Waals surface area contributed by atoms with Crippen molar-refractivity contribution < 1.29 is 27.5 Å². The minimum atomic E-state index is -4.10. The van der Waals surface area contributed by atoms with Gasteiger partial charge in [0.15, 0.2) is 0 Å². The predicted octanol–water partition coefficient (Wildman–Crippen LogP) is 5.86. The average molecular weight is 548 g/mol. The maximum atomic E-state index is 14.9. The fourth-order valence-electron chi connectivity index (χ4n) is 6.29. The summed E-state index contributed by atoms with van der Waals surface area (Å²) in [5.41, 5.74) is 0.741. The van der Waals surface area contributed by atoms with Gasteiger partial charge in [0, 0.05) is 48.2 Å². The molecule has 5 nitrogen and oxygen atoms in total. The number of pyridine rings is 1. The highest BCUT2D eigenvalue weighted by atomic mass is 19.4. The van der Waals surface area contributed by atoms with E-state index >= 15 is 0 Å². The maximum Gasteiger partial charge on any atom is 0.395 e. The first-order valence-corrected chi connectivity index (χ1v) is 14.1. The number of piperidine rings is 1. The standard InChI is InChI=1S/C30H37F4N3O2/c31-27-17-22(28(39)37-16-11-25(38)19-37)6-8-26(27)23-5-7-24(35-18-23)4-1-3-21-9-14-36(15-10-21)20-29(12-2-13-29)30(32,33)34/h5-8,17-18,21,25,38H,1-4,9-16,19-20H2/t25-/m1/s1. The highest BCUT2D eigenvalue weighted by Gasteiger charge is 2.58. The van der Waals surface area contributed by atoms with Gasteiger partial charge in [0.05, 0.1) is 11.5 Å². The van der Waals surface area contributed by atoms with Gasteiger partial charge < -0.3 is 14.9 Å². The fourth-order valence-corrected chi connectivity index (χ4v) is 6.29. The van der Waals surface area contributed by atoms with Gasteiger partial charge in [-0.3, -0.25) is 9.78 Å². The second-order valence-corrected chi connectivity index (χ2v) is 11.7. The quantitative estimate of drug-likeness (QED) is 0.421. The van der Waals surface area contributed by atoms with Crippen molar-refractivity contribution in [1.82, 2.24) is 14.8 Å². The van der Waals surface area contributed by atoms with E-state index < -0.39 is 23.5 Å². The number of aromatic nitrogens is 1. The SMILES string of the molecule is O=C(c1ccc(-c2ccc(CCCC3CCN(CC4(C(F)(F)F)CCC4)CC3)nc2)c(F)c1)N1CC[C@@H](O)C1. The molecule has 0 bridgehead atoms. The van der Waals surface area contributed by atoms with E-state index in [1.165, 1.54) is 11.0 Å². The Bertz CT molecular complexity index is 1140. The van der Waals surface area contributed by atoms with Crippen molar-refractivity contribution >= 4 is 5.91 Å². The Hall–Kier alpha value is -2.52. The lowest BCUT2D eigenvalue weighted by Crippen LogP contribution is -2.53. The summed E-state index contributed by atoms with van der Waals surface area (Å²) in [6, 6.07) is 8.20. The number of rotatable bonds is 8. The molecule has 212 valence electrons. The zero-order chi connectivity index (χ0) is 27.6. The molecule has 1 amide bonds. The number of β-amino-alcohol motifs (C(OH)–C–C–N with tert-alkyl or cyclic N) is 1. The molecule has 3 aliphatic rings. The Labute approximate surface area is 227 Å². The van der Waals surface area contributed by atoms with Crippen LogP contribution in [0.3, 0.4) is 0 Å². The molecule has 5 rings (SSSR count). The van der Waals surface area contributed by atoms with Crippen LogP contribution in [0.25, 0.3) is 11.1 Å². The normalized spacial score (nSPS) is 22.2. The number of benzene rings is 1. The third-order valence-corrected chi connectivity index (χ3v) is 8.99. The third kappa shape index (κ3) is 6.30. The molecule has 3 heterocycles. The first-order valence-electron chi connectivity index (χ1n) is 14.1. The van der Waals surface area contributed by atoms with Gasteiger partial charge in [0.25, 0.3) is 5.91 Å². The van der Waals surface area contributed by atoms with Crippen LogP contribution in [0.15, 0.2) is 36.5 Å². The molecule has 0 unspecified atom stereocenters. The van der Waals surface area contributed by atoms with Gasteiger partial charge in [0.2, 0.25) is 0 Å². The average Bonchev–Trinajstić information content (AvgIpc) is 3.32. The highest BCUT2D eigenvalue weighted by Crippen LogP contribution is 2.53. The van der Waals surface area contributed by atoms with Gasteiger partial charge >= 0.3 is 6.18 Å². The zero-order valence-electron chi connectivity index (χ0n) is 22.2. The summed E-state index contributed by atoms with van der Waals surface area (Å²) in [5.74, 6) is -0.234. The number of carbonyl (C=O) groups excluding carboxylic acids is 1. The number of carbonyl (C=O) groups is 1. The minimum absolute atomic E-state index is 0.154. The van der Waals surface area contributed by atoms with E-state index in [4.69, 9.17) is 0 Å². The summed E-state index contributed by atoms with van der Waals surface area (Å²) in [6.07, 6.45) is 3.45. The van der Waals surface area contributed by atoms with Crippen molar-refractivity contribution in [1.29, 1.82) is 0 Å². The summed E-state index contributed by atoms with van der Waals surface area (Å²) < 4.78 is 55.3. The number of nitrogens with zero attached hydrogens (tertiary/aromatic N) is 3. The fraction of sp³-hybridized carbons (Fsp3) is 0.600. The first kappa shape index (κ1) is 28.0. The number of aliphatic hydroxyl groups is 1. The van der Waals surface area contributed by atoms with Crippen LogP contribution in [0.5, 0.6) is 0 Å². The molecule has 1 atom stereocenters. The molecule has 2 saturated heterocycles. The Balaban J connectivity index is 1.07. The number of halogens is 4. The number of aliphatic hydroxyl groups excluding tert-OH is 1. The van der Waals surface area contributed by atoms with Crippen LogP contribution < -0.4 is 0 Å². The molecule has 2 aromatic rings. The number of hydrogen-bond donors (Lipinski definition) is 1. The number of aryl methyl sites for hydroxylation is 1. The van der Waals surface area contributed by atoms with E-state index in [0.29, 0.717) is 36.4 Å². The smallest absolute Gasteiger partial charge is 0.391 e. The Kier molecular flexibility index (Phi) is 8.29. The van der Waals surface area contributed by atoms with E-state index in [-0.39, 0.29) is 37.4 Å². The van der Waals surface area contributed by atoms with E-state index in [1.807, 2.05) is 17.0 Å². The summed E-state index contributed by atoms with van der Waals surface area (Å²) in [7, 11) is 0. The second-order valence-electron chi connectivity index (χ2n) is 11.7. The molecule has 1 aliphatic carbocycles. The number of hydrogen-bond acceptors (Lipinski definition) is 4. The molecule has 3 fully saturated rings. The Morgan fingerprint density at radius 3 is 2.41 bits per heavy atom. The van der Waals surface area contributed by atoms with Crippen LogP contribution in [0.4, 0.5) is 17.6 Å². The van der Waals surface area contributed by atoms with Gasteiger partial charge in [-0.05, 0) is 88.6 Å². The van der Waals surface area contributed by atoms with Gasteiger partial charge in [-0.15, -0.1) is 0 Å². The zero-order valence-corrected chi connectivity index (χ0v) is 22.2. The van der Waals surface area contributed by atoms with Crippen molar-refractivity contribution in [2.45, 2.75) is 70.1 Å². The molecular formula is C30H37F4N3O2. The molecule has 2 aliphatic heterocycles. The van der Waals surface area contributed by atoms with Crippen LogP contribution in [-0.2, 0) is 6.42 Å². The molecule has 0 spiro atoms. The monoisotopic (exact) mass is 547 g/mol. The first-order chi connectivity index (χ1) is 18.6. The van der Waals surface area contributed by atoms with Crippen molar-refractivity contribution in [3.05, 3.63) is 53.6 Å². The van der Waals surface area contributed by atoms with E-state index in [9.17, 15) is 27.5 Å². The molecule has 0 radical (unpaired) electrons. The highest BCUT2D eigenvalue weighted by molar-refractivity contribution is 5.95. The lowest BCUT2D eigenvalue weighted by atomic mass is 9.67. The number of alkyl halides is 3. The van der Waals surface area contributed by atoms with E-state index in [1.54, 1.807) is 18.3 Å². The van der Waals surface area contributed by atoms with Crippen LogP contribution in [-0.4, -0.2) is 70.8 Å². The maximum absolute atomic E-state index is 14.9. The second kappa shape index (κ2) is 11.5. The van der Waals surface area contributed by atoms with Crippen LogP contribution in [0.1, 0.15) is 67.4 Å². The largest absolute Gasteiger partial charge is 0.395 e. The molecule has 39 heavy (non-hydrogen) atoms. The molecule has 1 N–H and O–H groups in total.